The van der Waals surface area contributed by atoms with Crippen molar-refractivity contribution in [2.24, 2.45) is 5.73 Å². The van der Waals surface area contributed by atoms with Gasteiger partial charge < -0.3 is 36.9 Å². The molecule has 0 fully saturated rings. The topological polar surface area (TPSA) is 200 Å². The summed E-state index contributed by atoms with van der Waals surface area (Å²) in [5.74, 6) is -3.43. The highest BCUT2D eigenvalue weighted by Crippen LogP contribution is 2.04. The molecular formula is C20H26N6O6. The van der Waals surface area contributed by atoms with Crippen molar-refractivity contribution in [2.75, 3.05) is 13.2 Å². The summed E-state index contributed by atoms with van der Waals surface area (Å²) < 4.78 is 0. The lowest BCUT2D eigenvalue weighted by molar-refractivity contribution is -0.143. The first-order valence-corrected chi connectivity index (χ1v) is 9.78. The Balaban J connectivity index is 1.96. The van der Waals surface area contributed by atoms with E-state index in [9.17, 15) is 19.2 Å². The van der Waals surface area contributed by atoms with Gasteiger partial charge in [0.25, 0.3) is 0 Å². The summed E-state index contributed by atoms with van der Waals surface area (Å²) in [5, 5.41) is 25.2. The van der Waals surface area contributed by atoms with Gasteiger partial charge in [-0.3, -0.25) is 14.4 Å². The van der Waals surface area contributed by atoms with Gasteiger partial charge in [-0.25, -0.2) is 9.78 Å². The highest BCUT2D eigenvalue weighted by atomic mass is 16.4. The molecule has 3 atom stereocenters. The number of aromatic nitrogens is 2. The van der Waals surface area contributed by atoms with Gasteiger partial charge >= 0.3 is 5.97 Å². The van der Waals surface area contributed by atoms with Crippen LogP contribution in [0.25, 0.3) is 0 Å². The Morgan fingerprint density at radius 2 is 1.75 bits per heavy atom. The number of aliphatic hydroxyl groups is 1. The van der Waals surface area contributed by atoms with Gasteiger partial charge in [0.1, 0.15) is 12.1 Å². The summed E-state index contributed by atoms with van der Waals surface area (Å²) in [5.41, 5.74) is 7.19. The first kappa shape index (κ1) is 24.5. The molecule has 1 heterocycles. The molecule has 172 valence electrons. The molecule has 0 bridgehead atoms. The number of carboxylic acid groups (broad SMARTS) is 1. The number of imidazole rings is 1. The molecule has 0 saturated heterocycles. The van der Waals surface area contributed by atoms with E-state index in [1.807, 2.05) is 0 Å². The van der Waals surface area contributed by atoms with E-state index < -0.39 is 55.0 Å². The molecule has 3 amide bonds. The number of hydrogen-bond donors (Lipinski definition) is 7. The Hall–Kier alpha value is -3.77. The van der Waals surface area contributed by atoms with Gasteiger partial charge in [-0.1, -0.05) is 30.3 Å². The number of benzene rings is 1. The number of H-pyrrole nitrogens is 1. The number of nitrogens with two attached hydrogens (primary N) is 1. The Kier molecular flexibility index (Phi) is 9.32. The van der Waals surface area contributed by atoms with Crippen LogP contribution in [0, 0.1) is 0 Å². The second-order valence-electron chi connectivity index (χ2n) is 7.00. The lowest BCUT2D eigenvalue weighted by Gasteiger charge is -2.21. The number of rotatable bonds is 12. The lowest BCUT2D eigenvalue weighted by Crippen LogP contribution is -2.55. The van der Waals surface area contributed by atoms with Crippen LogP contribution >= 0.6 is 0 Å². The molecule has 32 heavy (non-hydrogen) atoms. The summed E-state index contributed by atoms with van der Waals surface area (Å²) in [4.78, 5) is 54.8. The predicted octanol–water partition coefficient (Wildman–Crippen LogP) is -2.32. The lowest BCUT2D eigenvalue weighted by atomic mass is 10.0. The zero-order valence-electron chi connectivity index (χ0n) is 17.2. The van der Waals surface area contributed by atoms with E-state index in [2.05, 4.69) is 25.9 Å². The molecule has 2 rings (SSSR count). The number of nitrogens with one attached hydrogen (secondary N) is 4. The number of aliphatic hydroxyl groups excluding tert-OH is 1. The largest absolute Gasteiger partial charge is 0.480 e. The van der Waals surface area contributed by atoms with E-state index in [1.165, 1.54) is 12.5 Å². The van der Waals surface area contributed by atoms with Crippen molar-refractivity contribution in [1.29, 1.82) is 0 Å². The number of carbonyl (C=O) groups excluding carboxylic acids is 3. The molecule has 0 radical (unpaired) electrons. The summed E-state index contributed by atoms with van der Waals surface area (Å²) in [6.45, 7) is -1.24. The van der Waals surface area contributed by atoms with E-state index in [4.69, 9.17) is 15.9 Å². The summed E-state index contributed by atoms with van der Waals surface area (Å²) in [6, 6.07) is 5.21. The van der Waals surface area contributed by atoms with Crippen LogP contribution < -0.4 is 21.7 Å². The average Bonchev–Trinajstić information content (AvgIpc) is 3.28. The standard InChI is InChI=1S/C20H26N6O6/c21-14(7-13-8-22-11-24-13)18(29)23-9-17(28)25-15(6-12-4-2-1-3-5-12)19(30)26-16(10-27)20(31)32/h1-5,8,11,14-16,27H,6-7,9-10,21H2,(H,22,24)(H,23,29)(H,25,28)(H,26,30)(H,31,32). The SMILES string of the molecule is NC(Cc1cnc[nH]1)C(=O)NCC(=O)NC(Cc1ccccc1)C(=O)NC(CO)C(=O)O. The summed E-state index contributed by atoms with van der Waals surface area (Å²) >= 11 is 0. The van der Waals surface area contributed by atoms with Crippen molar-refractivity contribution in [1.82, 2.24) is 25.9 Å². The minimum atomic E-state index is -1.52. The van der Waals surface area contributed by atoms with Crippen LogP contribution in [0.5, 0.6) is 0 Å². The highest BCUT2D eigenvalue weighted by molar-refractivity contribution is 5.92. The van der Waals surface area contributed by atoms with Crippen molar-refractivity contribution in [3.8, 4) is 0 Å². The van der Waals surface area contributed by atoms with Gasteiger partial charge in [0.2, 0.25) is 17.7 Å². The van der Waals surface area contributed by atoms with Gasteiger partial charge in [0.15, 0.2) is 0 Å². The zero-order valence-corrected chi connectivity index (χ0v) is 17.2. The molecule has 0 saturated carbocycles. The Morgan fingerprint density at radius 3 is 2.34 bits per heavy atom. The molecule has 1 aromatic heterocycles. The maximum Gasteiger partial charge on any atom is 0.328 e. The second kappa shape index (κ2) is 12.2. The van der Waals surface area contributed by atoms with Crippen molar-refractivity contribution in [2.45, 2.75) is 31.0 Å². The van der Waals surface area contributed by atoms with Crippen molar-refractivity contribution in [3.63, 3.8) is 0 Å². The van der Waals surface area contributed by atoms with E-state index in [0.29, 0.717) is 5.69 Å². The van der Waals surface area contributed by atoms with Crippen LogP contribution in [0.3, 0.4) is 0 Å². The number of carbonyl (C=O) groups is 4. The van der Waals surface area contributed by atoms with Crippen molar-refractivity contribution >= 4 is 23.7 Å². The second-order valence-corrected chi connectivity index (χ2v) is 7.00. The fraction of sp³-hybridized carbons (Fsp3) is 0.350. The monoisotopic (exact) mass is 446 g/mol. The molecule has 0 aliphatic rings. The average molecular weight is 446 g/mol. The minimum Gasteiger partial charge on any atom is -0.480 e. The third-order valence-electron chi connectivity index (χ3n) is 4.49. The van der Waals surface area contributed by atoms with Gasteiger partial charge in [0.05, 0.1) is 25.5 Å². The van der Waals surface area contributed by atoms with Crippen LogP contribution in [0.4, 0.5) is 0 Å². The third kappa shape index (κ3) is 7.81. The van der Waals surface area contributed by atoms with Crippen molar-refractivity contribution in [3.05, 3.63) is 54.1 Å². The van der Waals surface area contributed by atoms with Crippen LogP contribution in [0.1, 0.15) is 11.3 Å². The normalized spacial score (nSPS) is 13.4. The molecular weight excluding hydrogens is 420 g/mol. The molecule has 0 aliphatic heterocycles. The number of hydrogen-bond acceptors (Lipinski definition) is 7. The molecule has 12 nitrogen and oxygen atoms in total. The van der Waals surface area contributed by atoms with Crippen molar-refractivity contribution < 1.29 is 29.4 Å². The van der Waals surface area contributed by atoms with Crippen LogP contribution in [-0.2, 0) is 32.0 Å². The Morgan fingerprint density at radius 1 is 1.03 bits per heavy atom. The number of nitrogens with zero attached hydrogens (tertiary/aromatic N) is 1. The molecule has 1 aromatic carbocycles. The van der Waals surface area contributed by atoms with E-state index in [-0.39, 0.29) is 12.8 Å². The first-order valence-electron chi connectivity index (χ1n) is 9.78. The van der Waals surface area contributed by atoms with Gasteiger partial charge in [0, 0.05) is 24.7 Å². The fourth-order valence-corrected chi connectivity index (χ4v) is 2.79. The number of carboxylic acids is 1. The minimum absolute atomic E-state index is 0.0729. The number of amides is 3. The smallest absolute Gasteiger partial charge is 0.328 e. The van der Waals surface area contributed by atoms with E-state index in [0.717, 1.165) is 5.56 Å². The van der Waals surface area contributed by atoms with Gasteiger partial charge in [-0.15, -0.1) is 0 Å². The maximum atomic E-state index is 12.6. The molecule has 0 spiro atoms. The first-order chi connectivity index (χ1) is 15.3. The number of aliphatic carboxylic acids is 1. The van der Waals surface area contributed by atoms with E-state index in [1.54, 1.807) is 30.3 Å². The molecule has 8 N–H and O–H groups in total. The Bertz CT molecular complexity index is 905. The van der Waals surface area contributed by atoms with Gasteiger partial charge in [-0.2, -0.15) is 0 Å². The predicted molar refractivity (Wildman–Crippen MR) is 112 cm³/mol. The maximum absolute atomic E-state index is 12.6. The summed E-state index contributed by atoms with van der Waals surface area (Å²) in [7, 11) is 0. The number of aromatic amines is 1. The molecule has 0 aliphatic carbocycles. The quantitative estimate of drug-likeness (QED) is 0.188. The fourth-order valence-electron chi connectivity index (χ4n) is 2.79. The zero-order chi connectivity index (χ0) is 23.5. The molecule has 3 unspecified atom stereocenters. The van der Waals surface area contributed by atoms with E-state index >= 15 is 0 Å². The van der Waals surface area contributed by atoms with Crippen LogP contribution in [0.2, 0.25) is 0 Å². The van der Waals surface area contributed by atoms with Crippen LogP contribution in [-0.4, -0.2) is 75.1 Å². The summed E-state index contributed by atoms with van der Waals surface area (Å²) in [6.07, 6.45) is 3.26. The third-order valence-corrected chi connectivity index (χ3v) is 4.49. The molecule has 12 heteroatoms. The van der Waals surface area contributed by atoms with Gasteiger partial charge in [-0.05, 0) is 5.56 Å². The Labute approximate surface area is 183 Å². The highest BCUT2D eigenvalue weighted by Gasteiger charge is 2.26. The van der Waals surface area contributed by atoms with Crippen LogP contribution in [0.15, 0.2) is 42.9 Å². The molecule has 2 aromatic rings.